The van der Waals surface area contributed by atoms with E-state index in [9.17, 15) is 13.2 Å². The zero-order valence-corrected chi connectivity index (χ0v) is 11.7. The molecule has 1 aromatic rings. The lowest BCUT2D eigenvalue weighted by atomic mass is 9.86. The molecule has 108 valence electrons. The van der Waals surface area contributed by atoms with Crippen LogP contribution < -0.4 is 0 Å². The van der Waals surface area contributed by atoms with Gasteiger partial charge in [-0.2, -0.15) is 13.2 Å². The first-order chi connectivity index (χ1) is 8.82. The molecule has 0 N–H and O–H groups in total. The van der Waals surface area contributed by atoms with Gasteiger partial charge in [-0.3, -0.25) is 0 Å². The SMILES string of the molecule is CCCCc1ccccc1C(C)(CC(F)(F)F)OC. The molecule has 0 saturated carbocycles. The van der Waals surface area contributed by atoms with Crippen LogP contribution >= 0.6 is 0 Å². The molecule has 1 nitrogen and oxygen atoms in total. The van der Waals surface area contributed by atoms with Gasteiger partial charge >= 0.3 is 6.18 Å². The number of halogens is 3. The second-order valence-electron chi connectivity index (χ2n) is 4.99. The predicted molar refractivity (Wildman–Crippen MR) is 70.1 cm³/mol. The summed E-state index contributed by atoms with van der Waals surface area (Å²) in [4.78, 5) is 0. The average Bonchev–Trinajstić information content (AvgIpc) is 2.34. The highest BCUT2D eigenvalue weighted by molar-refractivity contribution is 5.32. The fourth-order valence-corrected chi connectivity index (χ4v) is 2.28. The highest BCUT2D eigenvalue weighted by atomic mass is 19.4. The van der Waals surface area contributed by atoms with Crippen LogP contribution in [0, 0.1) is 0 Å². The van der Waals surface area contributed by atoms with E-state index < -0.39 is 18.2 Å². The van der Waals surface area contributed by atoms with Gasteiger partial charge in [0.05, 0.1) is 12.0 Å². The van der Waals surface area contributed by atoms with Crippen LogP contribution in [0.5, 0.6) is 0 Å². The van der Waals surface area contributed by atoms with Gasteiger partial charge in [-0.25, -0.2) is 0 Å². The maximum atomic E-state index is 12.7. The van der Waals surface area contributed by atoms with Crippen molar-refractivity contribution in [2.45, 2.75) is 51.3 Å². The molecule has 0 bridgehead atoms. The Bertz CT molecular complexity index is 401. The maximum absolute atomic E-state index is 12.7. The third-order valence-corrected chi connectivity index (χ3v) is 3.38. The van der Waals surface area contributed by atoms with Crippen LogP contribution in [0.1, 0.15) is 44.2 Å². The van der Waals surface area contributed by atoms with E-state index in [-0.39, 0.29) is 0 Å². The van der Waals surface area contributed by atoms with Gasteiger partial charge in [0.1, 0.15) is 0 Å². The highest BCUT2D eigenvalue weighted by Crippen LogP contribution is 2.38. The molecule has 1 atom stereocenters. The second kappa shape index (κ2) is 6.42. The Morgan fingerprint density at radius 3 is 2.32 bits per heavy atom. The number of aryl methyl sites for hydroxylation is 1. The molecule has 0 aliphatic carbocycles. The molecule has 0 aliphatic heterocycles. The predicted octanol–water partition coefficient (Wildman–Crippen LogP) is 4.84. The lowest BCUT2D eigenvalue weighted by Gasteiger charge is -2.31. The van der Waals surface area contributed by atoms with E-state index in [1.165, 1.54) is 14.0 Å². The van der Waals surface area contributed by atoms with E-state index in [4.69, 9.17) is 4.74 Å². The molecule has 0 aliphatic rings. The van der Waals surface area contributed by atoms with Gasteiger partial charge in [-0.05, 0) is 30.9 Å². The van der Waals surface area contributed by atoms with Gasteiger partial charge in [0.15, 0.2) is 0 Å². The Morgan fingerprint density at radius 1 is 1.16 bits per heavy atom. The van der Waals surface area contributed by atoms with Gasteiger partial charge in [0.25, 0.3) is 0 Å². The van der Waals surface area contributed by atoms with Gasteiger partial charge in [-0.15, -0.1) is 0 Å². The fraction of sp³-hybridized carbons (Fsp3) is 0.600. The van der Waals surface area contributed by atoms with E-state index in [0.717, 1.165) is 24.8 Å². The van der Waals surface area contributed by atoms with Gasteiger partial charge < -0.3 is 4.74 Å². The molecule has 0 saturated heterocycles. The van der Waals surface area contributed by atoms with Crippen LogP contribution in [-0.4, -0.2) is 13.3 Å². The molecule has 0 heterocycles. The van der Waals surface area contributed by atoms with Crippen molar-refractivity contribution in [3.63, 3.8) is 0 Å². The molecule has 4 heteroatoms. The number of hydrogen-bond donors (Lipinski definition) is 0. The van der Waals surface area contributed by atoms with Crippen molar-refractivity contribution in [3.8, 4) is 0 Å². The summed E-state index contributed by atoms with van der Waals surface area (Å²) in [6, 6.07) is 7.25. The van der Waals surface area contributed by atoms with Crippen LogP contribution in [0.2, 0.25) is 0 Å². The monoisotopic (exact) mass is 274 g/mol. The van der Waals surface area contributed by atoms with Crippen LogP contribution in [0.15, 0.2) is 24.3 Å². The highest BCUT2D eigenvalue weighted by Gasteiger charge is 2.41. The van der Waals surface area contributed by atoms with Crippen LogP contribution in [0.4, 0.5) is 13.2 Å². The number of unbranched alkanes of at least 4 members (excludes halogenated alkanes) is 1. The zero-order valence-electron chi connectivity index (χ0n) is 11.7. The van der Waals surface area contributed by atoms with Crippen LogP contribution in [0.3, 0.4) is 0 Å². The molecular formula is C15H21F3O. The Labute approximate surface area is 112 Å². The smallest absolute Gasteiger partial charge is 0.373 e. The summed E-state index contributed by atoms with van der Waals surface area (Å²) in [5, 5.41) is 0. The number of rotatable bonds is 6. The quantitative estimate of drug-likeness (QED) is 0.721. The summed E-state index contributed by atoms with van der Waals surface area (Å²) in [5.41, 5.74) is 0.268. The molecule has 0 amide bonds. The molecule has 0 spiro atoms. The van der Waals surface area contributed by atoms with Crippen molar-refractivity contribution < 1.29 is 17.9 Å². The Balaban J connectivity index is 3.09. The summed E-state index contributed by atoms with van der Waals surface area (Å²) in [7, 11) is 1.34. The molecule has 1 aromatic carbocycles. The third-order valence-electron chi connectivity index (χ3n) is 3.38. The fourth-order valence-electron chi connectivity index (χ4n) is 2.28. The van der Waals surface area contributed by atoms with Crippen molar-refractivity contribution in [3.05, 3.63) is 35.4 Å². The normalized spacial score (nSPS) is 15.3. The summed E-state index contributed by atoms with van der Waals surface area (Å²) >= 11 is 0. The number of ether oxygens (including phenoxy) is 1. The first kappa shape index (κ1) is 16.0. The van der Waals surface area contributed by atoms with Crippen molar-refractivity contribution >= 4 is 0 Å². The zero-order chi connectivity index (χ0) is 14.5. The minimum Gasteiger partial charge on any atom is -0.373 e. The molecule has 1 unspecified atom stereocenters. The van der Waals surface area contributed by atoms with E-state index >= 15 is 0 Å². The summed E-state index contributed by atoms with van der Waals surface area (Å²) in [5.74, 6) is 0. The molecule has 19 heavy (non-hydrogen) atoms. The van der Waals surface area contributed by atoms with Crippen LogP contribution in [0.25, 0.3) is 0 Å². The number of methoxy groups -OCH3 is 1. The van der Waals surface area contributed by atoms with Crippen molar-refractivity contribution in [2.75, 3.05) is 7.11 Å². The Hall–Kier alpha value is -1.03. The summed E-state index contributed by atoms with van der Waals surface area (Å²) < 4.78 is 43.4. The summed E-state index contributed by atoms with van der Waals surface area (Å²) in [6.07, 6.45) is -2.47. The average molecular weight is 274 g/mol. The van der Waals surface area contributed by atoms with E-state index in [0.29, 0.717) is 5.56 Å². The van der Waals surface area contributed by atoms with E-state index in [1.54, 1.807) is 12.1 Å². The lowest BCUT2D eigenvalue weighted by molar-refractivity contribution is -0.181. The molecule has 0 aromatic heterocycles. The Kier molecular flexibility index (Phi) is 5.41. The molecule has 0 fully saturated rings. The number of hydrogen-bond acceptors (Lipinski definition) is 1. The minimum absolute atomic E-state index is 0.642. The summed E-state index contributed by atoms with van der Waals surface area (Å²) in [6.45, 7) is 3.57. The number of alkyl halides is 3. The standard InChI is InChI=1S/C15H21F3O/c1-4-5-8-12-9-6-7-10-13(12)14(2,19-3)11-15(16,17)18/h6-7,9-10H,4-5,8,11H2,1-3H3. The largest absolute Gasteiger partial charge is 0.392 e. The topological polar surface area (TPSA) is 9.23 Å². The molecular weight excluding hydrogens is 253 g/mol. The first-order valence-corrected chi connectivity index (χ1v) is 6.52. The van der Waals surface area contributed by atoms with E-state index in [1.807, 2.05) is 12.1 Å². The maximum Gasteiger partial charge on any atom is 0.392 e. The van der Waals surface area contributed by atoms with Crippen molar-refractivity contribution in [1.82, 2.24) is 0 Å². The van der Waals surface area contributed by atoms with E-state index in [2.05, 4.69) is 6.92 Å². The third kappa shape index (κ3) is 4.53. The van der Waals surface area contributed by atoms with Gasteiger partial charge in [0.2, 0.25) is 0 Å². The van der Waals surface area contributed by atoms with Crippen molar-refractivity contribution in [1.29, 1.82) is 0 Å². The lowest BCUT2D eigenvalue weighted by Crippen LogP contribution is -2.32. The second-order valence-corrected chi connectivity index (χ2v) is 4.99. The van der Waals surface area contributed by atoms with Crippen molar-refractivity contribution in [2.24, 2.45) is 0 Å². The molecule has 0 radical (unpaired) electrons. The first-order valence-electron chi connectivity index (χ1n) is 6.52. The minimum atomic E-state index is -4.25. The number of benzene rings is 1. The van der Waals surface area contributed by atoms with Gasteiger partial charge in [-0.1, -0.05) is 37.6 Å². The Morgan fingerprint density at radius 2 is 1.79 bits per heavy atom. The molecule has 1 rings (SSSR count). The van der Waals surface area contributed by atoms with Gasteiger partial charge in [0, 0.05) is 7.11 Å². The van der Waals surface area contributed by atoms with Crippen LogP contribution in [-0.2, 0) is 16.8 Å².